The van der Waals surface area contributed by atoms with Gasteiger partial charge in [0.1, 0.15) is 0 Å². The second-order valence-electron chi connectivity index (χ2n) is 7.42. The molecule has 1 aliphatic heterocycles. The summed E-state index contributed by atoms with van der Waals surface area (Å²) < 4.78 is 5.94. The maximum Gasteiger partial charge on any atom is 0.0730 e. The van der Waals surface area contributed by atoms with E-state index in [9.17, 15) is 5.11 Å². The van der Waals surface area contributed by atoms with Gasteiger partial charge in [0, 0.05) is 24.2 Å². The first-order valence-corrected chi connectivity index (χ1v) is 8.78. The molecule has 0 aromatic heterocycles. The zero-order valence-corrected chi connectivity index (χ0v) is 14.1. The summed E-state index contributed by atoms with van der Waals surface area (Å²) in [7, 11) is 0. The molecule has 4 heteroatoms. The van der Waals surface area contributed by atoms with Gasteiger partial charge in [-0.15, -0.1) is 0 Å². The molecule has 2 aliphatic rings. The summed E-state index contributed by atoms with van der Waals surface area (Å²) in [6.45, 7) is 9.73. The lowest BCUT2D eigenvalue weighted by Crippen LogP contribution is -2.53. The predicted molar refractivity (Wildman–Crippen MR) is 86.6 cm³/mol. The molecule has 0 radical (unpaired) electrons. The first-order valence-electron chi connectivity index (χ1n) is 8.78. The maximum atomic E-state index is 9.66. The van der Waals surface area contributed by atoms with Crippen LogP contribution in [0.4, 0.5) is 0 Å². The van der Waals surface area contributed by atoms with Crippen molar-refractivity contribution in [3.8, 4) is 0 Å². The molecule has 1 aliphatic carbocycles. The van der Waals surface area contributed by atoms with E-state index < -0.39 is 0 Å². The Morgan fingerprint density at radius 2 is 2.10 bits per heavy atom. The van der Waals surface area contributed by atoms with E-state index in [1.165, 1.54) is 25.7 Å². The van der Waals surface area contributed by atoms with Crippen LogP contribution in [0.15, 0.2) is 0 Å². The molecule has 2 rings (SSSR count). The van der Waals surface area contributed by atoms with Gasteiger partial charge < -0.3 is 15.2 Å². The minimum Gasteiger partial charge on any atom is -0.394 e. The molecule has 4 nitrogen and oxygen atoms in total. The van der Waals surface area contributed by atoms with Crippen LogP contribution in [0, 0.1) is 0 Å². The van der Waals surface area contributed by atoms with Crippen LogP contribution in [0.1, 0.15) is 59.3 Å². The number of hydrogen-bond donors (Lipinski definition) is 2. The lowest BCUT2D eigenvalue weighted by atomic mass is 9.89. The Morgan fingerprint density at radius 1 is 1.33 bits per heavy atom. The van der Waals surface area contributed by atoms with Gasteiger partial charge in [0.25, 0.3) is 0 Å². The van der Waals surface area contributed by atoms with E-state index in [1.807, 2.05) is 0 Å². The number of aliphatic hydroxyl groups is 1. The Bertz CT molecular complexity index is 309. The molecule has 0 amide bonds. The molecule has 0 bridgehead atoms. The number of nitrogens with zero attached hydrogens (tertiary/aromatic N) is 1. The Hall–Kier alpha value is -0.160. The SMILES string of the molecule is CC(C)NC(C)(CO)CCCN1CCOC2CCCCC21. The molecule has 1 heterocycles. The molecule has 3 atom stereocenters. The van der Waals surface area contributed by atoms with Gasteiger partial charge in [0.15, 0.2) is 0 Å². The topological polar surface area (TPSA) is 44.7 Å². The standard InChI is InChI=1S/C17H34N2O2/c1-14(2)18-17(3,13-20)9-6-10-19-11-12-21-16-8-5-4-7-15(16)19/h14-16,18,20H,4-13H2,1-3H3. The molecule has 3 unspecified atom stereocenters. The molecular weight excluding hydrogens is 264 g/mol. The highest BCUT2D eigenvalue weighted by molar-refractivity contribution is 4.89. The Morgan fingerprint density at radius 3 is 2.81 bits per heavy atom. The summed E-state index contributed by atoms with van der Waals surface area (Å²) in [6.07, 6.45) is 7.86. The summed E-state index contributed by atoms with van der Waals surface area (Å²) >= 11 is 0. The molecule has 0 aromatic rings. The van der Waals surface area contributed by atoms with Gasteiger partial charge in [-0.1, -0.05) is 26.7 Å². The van der Waals surface area contributed by atoms with Crippen LogP contribution >= 0.6 is 0 Å². The fourth-order valence-electron chi connectivity index (χ4n) is 4.02. The second-order valence-corrected chi connectivity index (χ2v) is 7.42. The normalized spacial score (nSPS) is 30.1. The largest absolute Gasteiger partial charge is 0.394 e. The predicted octanol–water partition coefficient (Wildman–Crippen LogP) is 2.16. The van der Waals surface area contributed by atoms with Gasteiger partial charge in [-0.05, 0) is 39.2 Å². The third-order valence-electron chi connectivity index (χ3n) is 5.01. The van der Waals surface area contributed by atoms with Crippen LogP contribution < -0.4 is 5.32 Å². The number of nitrogens with one attached hydrogen (secondary N) is 1. The average molecular weight is 298 g/mol. The lowest BCUT2D eigenvalue weighted by Gasteiger charge is -2.44. The van der Waals surface area contributed by atoms with Crippen molar-refractivity contribution in [3.05, 3.63) is 0 Å². The zero-order valence-electron chi connectivity index (χ0n) is 14.1. The van der Waals surface area contributed by atoms with Crippen molar-refractivity contribution in [2.24, 2.45) is 0 Å². The Kier molecular flexibility index (Phi) is 6.48. The number of aliphatic hydroxyl groups excluding tert-OH is 1. The molecule has 0 aromatic carbocycles. The fourth-order valence-corrected chi connectivity index (χ4v) is 4.02. The van der Waals surface area contributed by atoms with Gasteiger partial charge in [0.2, 0.25) is 0 Å². The highest BCUT2D eigenvalue weighted by atomic mass is 16.5. The summed E-state index contributed by atoms with van der Waals surface area (Å²) in [5, 5.41) is 13.2. The number of fused-ring (bicyclic) bond motifs is 1. The molecule has 2 fully saturated rings. The van der Waals surface area contributed by atoms with Crippen molar-refractivity contribution >= 4 is 0 Å². The van der Waals surface area contributed by atoms with Gasteiger partial charge >= 0.3 is 0 Å². The molecule has 2 N–H and O–H groups in total. The van der Waals surface area contributed by atoms with E-state index >= 15 is 0 Å². The number of hydrogen-bond acceptors (Lipinski definition) is 4. The summed E-state index contributed by atoms with van der Waals surface area (Å²) in [5.41, 5.74) is -0.146. The molecular formula is C17H34N2O2. The molecule has 124 valence electrons. The first-order chi connectivity index (χ1) is 10.0. The molecule has 1 saturated heterocycles. The van der Waals surface area contributed by atoms with Crippen molar-refractivity contribution < 1.29 is 9.84 Å². The minimum atomic E-state index is -0.146. The van der Waals surface area contributed by atoms with Gasteiger partial charge in [-0.3, -0.25) is 4.90 Å². The Balaban J connectivity index is 1.78. The third kappa shape index (κ3) is 4.92. The van der Waals surface area contributed by atoms with Crippen LogP contribution in [0.3, 0.4) is 0 Å². The second kappa shape index (κ2) is 7.91. The van der Waals surface area contributed by atoms with Gasteiger partial charge in [0.05, 0.1) is 19.3 Å². The first kappa shape index (κ1) is 17.2. The summed E-state index contributed by atoms with van der Waals surface area (Å²) in [4.78, 5) is 2.64. The smallest absolute Gasteiger partial charge is 0.0730 e. The Labute approximate surface area is 130 Å². The summed E-state index contributed by atoms with van der Waals surface area (Å²) in [6, 6.07) is 1.05. The molecule has 1 saturated carbocycles. The number of morpholine rings is 1. The van der Waals surface area contributed by atoms with E-state index in [0.29, 0.717) is 18.2 Å². The van der Waals surface area contributed by atoms with Crippen molar-refractivity contribution in [1.29, 1.82) is 0 Å². The van der Waals surface area contributed by atoms with Crippen LogP contribution in [-0.2, 0) is 4.74 Å². The number of rotatable bonds is 7. The highest BCUT2D eigenvalue weighted by Gasteiger charge is 2.34. The molecule has 21 heavy (non-hydrogen) atoms. The highest BCUT2D eigenvalue weighted by Crippen LogP contribution is 2.28. The lowest BCUT2D eigenvalue weighted by molar-refractivity contribution is -0.0887. The van der Waals surface area contributed by atoms with Gasteiger partial charge in [-0.25, -0.2) is 0 Å². The monoisotopic (exact) mass is 298 g/mol. The van der Waals surface area contributed by atoms with Crippen molar-refractivity contribution in [1.82, 2.24) is 10.2 Å². The van der Waals surface area contributed by atoms with Crippen molar-refractivity contribution in [2.75, 3.05) is 26.3 Å². The zero-order chi connectivity index (χ0) is 15.3. The van der Waals surface area contributed by atoms with Crippen LogP contribution in [0.5, 0.6) is 0 Å². The van der Waals surface area contributed by atoms with E-state index in [2.05, 4.69) is 31.0 Å². The average Bonchev–Trinajstić information content (AvgIpc) is 2.47. The molecule has 0 spiro atoms. The fraction of sp³-hybridized carbons (Fsp3) is 1.00. The van der Waals surface area contributed by atoms with Crippen LogP contribution in [0.25, 0.3) is 0 Å². The summed E-state index contributed by atoms with van der Waals surface area (Å²) in [5.74, 6) is 0. The van der Waals surface area contributed by atoms with E-state index in [4.69, 9.17) is 4.74 Å². The van der Waals surface area contributed by atoms with E-state index in [-0.39, 0.29) is 12.1 Å². The van der Waals surface area contributed by atoms with Crippen LogP contribution in [-0.4, -0.2) is 60.0 Å². The maximum absolute atomic E-state index is 9.66. The minimum absolute atomic E-state index is 0.146. The quantitative estimate of drug-likeness (QED) is 0.756. The van der Waals surface area contributed by atoms with Crippen molar-refractivity contribution in [3.63, 3.8) is 0 Å². The van der Waals surface area contributed by atoms with Crippen molar-refractivity contribution in [2.45, 2.75) is 83.0 Å². The van der Waals surface area contributed by atoms with Gasteiger partial charge in [-0.2, -0.15) is 0 Å². The number of ether oxygens (including phenoxy) is 1. The van der Waals surface area contributed by atoms with Crippen LogP contribution in [0.2, 0.25) is 0 Å². The van der Waals surface area contributed by atoms with E-state index in [0.717, 1.165) is 32.5 Å². The third-order valence-corrected chi connectivity index (χ3v) is 5.01. The van der Waals surface area contributed by atoms with E-state index in [1.54, 1.807) is 0 Å².